The van der Waals surface area contributed by atoms with Crippen LogP contribution in [0.3, 0.4) is 0 Å². The van der Waals surface area contributed by atoms with Crippen molar-refractivity contribution in [1.29, 1.82) is 0 Å². The van der Waals surface area contributed by atoms with Crippen molar-refractivity contribution in [3.05, 3.63) is 24.3 Å². The third-order valence-electron chi connectivity index (χ3n) is 4.04. The number of piperidine rings is 1. The smallest absolute Gasteiger partial charge is 0.227 e. The Morgan fingerprint density at radius 1 is 1.24 bits per heavy atom. The number of benzene rings is 1. The topological polar surface area (TPSA) is 52.6 Å². The van der Waals surface area contributed by atoms with Crippen LogP contribution in [-0.2, 0) is 4.79 Å². The summed E-state index contributed by atoms with van der Waals surface area (Å²) in [6.45, 7) is 5.92. The lowest BCUT2D eigenvalue weighted by Crippen LogP contribution is -2.31. The summed E-state index contributed by atoms with van der Waals surface area (Å²) in [6.07, 6.45) is 3.24. The van der Waals surface area contributed by atoms with Gasteiger partial charge in [-0.1, -0.05) is 26.0 Å². The van der Waals surface area contributed by atoms with Crippen LogP contribution in [0.1, 0.15) is 39.5 Å². The quantitative estimate of drug-likeness (QED) is 0.876. The number of nitrogens with zero attached hydrogens (tertiary/aromatic N) is 1. The number of rotatable bonds is 5. The predicted octanol–water partition coefficient (Wildman–Crippen LogP) is 3.02. The number of para-hydroxylation sites is 2. The van der Waals surface area contributed by atoms with Crippen LogP contribution >= 0.6 is 0 Å². The Hall–Kier alpha value is -1.55. The number of aliphatic hydroxyl groups is 1. The molecule has 2 N–H and O–H groups in total. The van der Waals surface area contributed by atoms with Crippen molar-refractivity contribution in [2.45, 2.75) is 45.6 Å². The molecule has 1 heterocycles. The van der Waals surface area contributed by atoms with Gasteiger partial charge in [-0.2, -0.15) is 0 Å². The molecule has 4 nitrogen and oxygen atoms in total. The van der Waals surface area contributed by atoms with Gasteiger partial charge in [0.25, 0.3) is 0 Å². The van der Waals surface area contributed by atoms with Crippen molar-refractivity contribution < 1.29 is 9.90 Å². The molecule has 1 aliphatic heterocycles. The highest BCUT2D eigenvalue weighted by atomic mass is 16.3. The van der Waals surface area contributed by atoms with E-state index in [0.29, 0.717) is 0 Å². The number of aliphatic hydroxyl groups excluding tert-OH is 1. The molecule has 2 rings (SSSR count). The molecular formula is C17H26N2O2. The highest BCUT2D eigenvalue weighted by Gasteiger charge is 2.18. The van der Waals surface area contributed by atoms with Gasteiger partial charge in [0.2, 0.25) is 5.91 Å². The van der Waals surface area contributed by atoms with Gasteiger partial charge >= 0.3 is 0 Å². The lowest BCUT2D eigenvalue weighted by atomic mass is 10.0. The van der Waals surface area contributed by atoms with Crippen molar-refractivity contribution in [2.75, 3.05) is 23.3 Å². The van der Waals surface area contributed by atoms with Crippen molar-refractivity contribution >= 4 is 17.3 Å². The minimum atomic E-state index is -0.591. The molecular weight excluding hydrogens is 264 g/mol. The van der Waals surface area contributed by atoms with E-state index in [-0.39, 0.29) is 18.2 Å². The van der Waals surface area contributed by atoms with Crippen LogP contribution in [0.5, 0.6) is 0 Å². The second kappa shape index (κ2) is 7.46. The Bertz CT molecular complexity index is 468. The summed E-state index contributed by atoms with van der Waals surface area (Å²) in [5.41, 5.74) is 1.94. The monoisotopic (exact) mass is 290 g/mol. The Morgan fingerprint density at radius 3 is 2.57 bits per heavy atom. The molecule has 1 aromatic carbocycles. The normalized spacial score (nSPS) is 16.9. The Balaban J connectivity index is 2.04. The molecule has 1 atom stereocenters. The zero-order valence-corrected chi connectivity index (χ0v) is 13.0. The maximum Gasteiger partial charge on any atom is 0.227 e. The summed E-state index contributed by atoms with van der Waals surface area (Å²) in [6, 6.07) is 7.92. The second-order valence-electron chi connectivity index (χ2n) is 6.13. The van der Waals surface area contributed by atoms with Crippen molar-refractivity contribution in [2.24, 2.45) is 5.92 Å². The molecule has 1 aliphatic rings. The first-order chi connectivity index (χ1) is 10.1. The number of hydrogen-bond donors (Lipinski definition) is 2. The first-order valence-electron chi connectivity index (χ1n) is 7.90. The molecule has 1 amide bonds. The maximum atomic E-state index is 12.1. The van der Waals surface area contributed by atoms with Crippen LogP contribution < -0.4 is 10.2 Å². The van der Waals surface area contributed by atoms with Gasteiger partial charge in [-0.05, 0) is 37.3 Å². The van der Waals surface area contributed by atoms with E-state index >= 15 is 0 Å². The van der Waals surface area contributed by atoms with Gasteiger partial charge < -0.3 is 15.3 Å². The Kier molecular flexibility index (Phi) is 5.62. The highest BCUT2D eigenvalue weighted by Crippen LogP contribution is 2.28. The van der Waals surface area contributed by atoms with Gasteiger partial charge in [0.05, 0.1) is 23.9 Å². The molecule has 0 aromatic heterocycles. The number of carbonyl (C=O) groups excluding carboxylic acids is 1. The van der Waals surface area contributed by atoms with Gasteiger partial charge in [-0.15, -0.1) is 0 Å². The van der Waals surface area contributed by atoms with E-state index in [4.69, 9.17) is 0 Å². The average molecular weight is 290 g/mol. The molecule has 0 bridgehead atoms. The fourth-order valence-electron chi connectivity index (χ4n) is 2.62. The van der Waals surface area contributed by atoms with Gasteiger partial charge in [0, 0.05) is 13.1 Å². The minimum absolute atomic E-state index is 0.0908. The summed E-state index contributed by atoms with van der Waals surface area (Å²) in [5.74, 6) is -0.0336. The van der Waals surface area contributed by atoms with Gasteiger partial charge in [-0.25, -0.2) is 0 Å². The van der Waals surface area contributed by atoms with Crippen LogP contribution in [0.15, 0.2) is 24.3 Å². The molecule has 21 heavy (non-hydrogen) atoms. The molecule has 0 saturated carbocycles. The van der Waals surface area contributed by atoms with Gasteiger partial charge in [-0.3, -0.25) is 4.79 Å². The number of hydrogen-bond acceptors (Lipinski definition) is 3. The van der Waals surface area contributed by atoms with Crippen molar-refractivity contribution in [1.82, 2.24) is 0 Å². The first kappa shape index (κ1) is 15.8. The summed E-state index contributed by atoms with van der Waals surface area (Å²) in [5, 5.41) is 12.8. The summed E-state index contributed by atoms with van der Waals surface area (Å²) in [7, 11) is 0. The minimum Gasteiger partial charge on any atom is -0.392 e. The molecule has 4 heteroatoms. The number of amides is 1. The maximum absolute atomic E-state index is 12.1. The highest BCUT2D eigenvalue weighted by molar-refractivity contribution is 5.94. The first-order valence-corrected chi connectivity index (χ1v) is 7.90. The predicted molar refractivity (Wildman–Crippen MR) is 86.6 cm³/mol. The van der Waals surface area contributed by atoms with Gasteiger partial charge in [0.15, 0.2) is 0 Å². The van der Waals surface area contributed by atoms with Crippen LogP contribution in [0.4, 0.5) is 11.4 Å². The molecule has 1 fully saturated rings. The third-order valence-corrected chi connectivity index (χ3v) is 4.04. The number of nitrogens with one attached hydrogen (secondary N) is 1. The van der Waals surface area contributed by atoms with Crippen LogP contribution in [-0.4, -0.2) is 30.2 Å². The lowest BCUT2D eigenvalue weighted by molar-refractivity contribution is -0.118. The van der Waals surface area contributed by atoms with Gasteiger partial charge in [0.1, 0.15) is 0 Å². The van der Waals surface area contributed by atoms with E-state index in [1.165, 1.54) is 19.3 Å². The zero-order valence-electron chi connectivity index (χ0n) is 13.0. The van der Waals surface area contributed by atoms with Crippen molar-refractivity contribution in [3.63, 3.8) is 0 Å². The molecule has 1 saturated heterocycles. The Labute approximate surface area is 127 Å². The molecule has 0 aliphatic carbocycles. The SMILES string of the molecule is CC(C)C(O)CC(=O)Nc1ccccc1N1CCCCC1. The van der Waals surface area contributed by atoms with E-state index in [2.05, 4.69) is 16.3 Å². The van der Waals surface area contributed by atoms with Crippen molar-refractivity contribution in [3.8, 4) is 0 Å². The van der Waals surface area contributed by atoms with Crippen LogP contribution in [0, 0.1) is 5.92 Å². The lowest BCUT2D eigenvalue weighted by Gasteiger charge is -2.30. The molecule has 0 spiro atoms. The second-order valence-corrected chi connectivity index (χ2v) is 6.13. The molecule has 116 valence electrons. The largest absolute Gasteiger partial charge is 0.392 e. The standard InChI is InChI=1S/C17H26N2O2/c1-13(2)16(20)12-17(21)18-14-8-4-5-9-15(14)19-10-6-3-7-11-19/h4-5,8-9,13,16,20H,3,6-7,10-12H2,1-2H3,(H,18,21). The van der Waals surface area contributed by atoms with Crippen LogP contribution in [0.2, 0.25) is 0 Å². The van der Waals surface area contributed by atoms with E-state index in [1.54, 1.807) is 0 Å². The fourth-order valence-corrected chi connectivity index (χ4v) is 2.62. The Morgan fingerprint density at radius 2 is 1.90 bits per heavy atom. The molecule has 1 aromatic rings. The molecule has 0 radical (unpaired) electrons. The van der Waals surface area contributed by atoms with Crippen LogP contribution in [0.25, 0.3) is 0 Å². The van der Waals surface area contributed by atoms with E-state index in [1.807, 2.05) is 32.0 Å². The summed E-state index contributed by atoms with van der Waals surface area (Å²) < 4.78 is 0. The molecule has 1 unspecified atom stereocenters. The average Bonchev–Trinajstić information content (AvgIpc) is 2.48. The summed E-state index contributed by atoms with van der Waals surface area (Å²) in [4.78, 5) is 14.4. The number of carbonyl (C=O) groups is 1. The van der Waals surface area contributed by atoms with E-state index < -0.39 is 6.10 Å². The number of anilines is 2. The zero-order chi connectivity index (χ0) is 15.2. The van der Waals surface area contributed by atoms with E-state index in [9.17, 15) is 9.90 Å². The summed E-state index contributed by atoms with van der Waals surface area (Å²) >= 11 is 0. The van der Waals surface area contributed by atoms with E-state index in [0.717, 1.165) is 24.5 Å². The third kappa shape index (κ3) is 4.46. The fraction of sp³-hybridized carbons (Fsp3) is 0.588.